The molecule has 1 saturated heterocycles. The molecule has 0 saturated carbocycles. The van der Waals surface area contributed by atoms with Gasteiger partial charge in [-0.15, -0.1) is 0 Å². The van der Waals surface area contributed by atoms with Gasteiger partial charge in [-0.3, -0.25) is 4.79 Å². The molecular weight excluding hydrogens is 220 g/mol. The number of H-pyrrole nitrogens is 1. The van der Waals surface area contributed by atoms with Crippen LogP contribution < -0.4 is 0 Å². The number of rotatable bonds is 2. The van der Waals surface area contributed by atoms with E-state index in [9.17, 15) is 4.79 Å². The Morgan fingerprint density at radius 3 is 3.06 bits per heavy atom. The van der Waals surface area contributed by atoms with Gasteiger partial charge < -0.3 is 14.8 Å². The lowest BCUT2D eigenvalue weighted by molar-refractivity contribution is -0.142. The van der Waals surface area contributed by atoms with Crippen molar-refractivity contribution in [2.45, 2.75) is 31.6 Å². The van der Waals surface area contributed by atoms with Gasteiger partial charge in [0, 0.05) is 24.6 Å². The molecule has 1 aromatic rings. The van der Waals surface area contributed by atoms with Gasteiger partial charge in [0.1, 0.15) is 5.82 Å². The van der Waals surface area contributed by atoms with Crippen LogP contribution >= 0.6 is 0 Å². The van der Waals surface area contributed by atoms with Crippen LogP contribution in [0.4, 0.5) is 0 Å². The Labute approximate surface area is 99.2 Å². The number of nitrogens with zero attached hydrogens (tertiary/aromatic N) is 1. The van der Waals surface area contributed by atoms with Crippen molar-refractivity contribution < 1.29 is 14.6 Å². The van der Waals surface area contributed by atoms with E-state index in [4.69, 9.17) is 9.84 Å². The summed E-state index contributed by atoms with van der Waals surface area (Å²) in [5.41, 5.74) is 2.08. The van der Waals surface area contributed by atoms with Crippen molar-refractivity contribution >= 4 is 5.97 Å². The van der Waals surface area contributed by atoms with E-state index in [0.717, 1.165) is 43.3 Å². The Bertz CT molecular complexity index is 435. The monoisotopic (exact) mass is 236 g/mol. The molecule has 2 aliphatic rings. The van der Waals surface area contributed by atoms with Crippen molar-refractivity contribution in [2.75, 3.05) is 13.2 Å². The fraction of sp³-hybridized carbons (Fsp3) is 0.667. The molecule has 2 unspecified atom stereocenters. The van der Waals surface area contributed by atoms with Gasteiger partial charge in [-0.2, -0.15) is 0 Å². The van der Waals surface area contributed by atoms with Crippen molar-refractivity contribution in [3.8, 4) is 0 Å². The standard InChI is InChI=1S/C12H16N2O3/c15-12(16)7-1-2-9-10(5-7)14-11(13-9)8-3-4-17-6-8/h7-8H,1-6H2,(H,13,14)(H,15,16). The van der Waals surface area contributed by atoms with Crippen molar-refractivity contribution in [3.63, 3.8) is 0 Å². The van der Waals surface area contributed by atoms with E-state index in [1.54, 1.807) is 0 Å². The minimum atomic E-state index is -0.698. The number of carboxylic acid groups (broad SMARTS) is 1. The zero-order chi connectivity index (χ0) is 11.8. The van der Waals surface area contributed by atoms with Gasteiger partial charge in [-0.25, -0.2) is 4.98 Å². The second-order valence-electron chi connectivity index (χ2n) is 4.89. The topological polar surface area (TPSA) is 75.2 Å². The van der Waals surface area contributed by atoms with Crippen LogP contribution in [0.15, 0.2) is 0 Å². The highest BCUT2D eigenvalue weighted by atomic mass is 16.5. The first kappa shape index (κ1) is 10.8. The Kier molecular flexibility index (Phi) is 2.63. The van der Waals surface area contributed by atoms with Gasteiger partial charge in [0.05, 0.1) is 18.2 Å². The highest BCUT2D eigenvalue weighted by Crippen LogP contribution is 2.28. The van der Waals surface area contributed by atoms with Crippen LogP contribution in [0, 0.1) is 5.92 Å². The number of aromatic amines is 1. The summed E-state index contributed by atoms with van der Waals surface area (Å²) in [5.74, 6) is 0.397. The van der Waals surface area contributed by atoms with Crippen molar-refractivity contribution in [1.82, 2.24) is 9.97 Å². The summed E-state index contributed by atoms with van der Waals surface area (Å²) < 4.78 is 5.35. The zero-order valence-corrected chi connectivity index (χ0v) is 9.61. The lowest BCUT2D eigenvalue weighted by atomic mass is 9.90. The molecule has 1 aliphatic carbocycles. The van der Waals surface area contributed by atoms with Gasteiger partial charge in [0.15, 0.2) is 0 Å². The molecule has 0 bridgehead atoms. The Morgan fingerprint density at radius 2 is 2.35 bits per heavy atom. The number of hydrogen-bond acceptors (Lipinski definition) is 3. The van der Waals surface area contributed by atoms with E-state index in [1.807, 2.05) is 0 Å². The number of aromatic nitrogens is 2. The summed E-state index contributed by atoms with van der Waals surface area (Å²) in [6.07, 6.45) is 3.07. The number of aliphatic carboxylic acids is 1. The van der Waals surface area contributed by atoms with Crippen molar-refractivity contribution in [3.05, 3.63) is 17.2 Å². The summed E-state index contributed by atoms with van der Waals surface area (Å²) in [6, 6.07) is 0. The highest BCUT2D eigenvalue weighted by molar-refractivity contribution is 5.70. The minimum Gasteiger partial charge on any atom is -0.481 e. The van der Waals surface area contributed by atoms with Gasteiger partial charge >= 0.3 is 5.97 Å². The predicted molar refractivity (Wildman–Crippen MR) is 59.9 cm³/mol. The van der Waals surface area contributed by atoms with Crippen LogP contribution in [0.25, 0.3) is 0 Å². The average molecular weight is 236 g/mol. The zero-order valence-electron chi connectivity index (χ0n) is 9.61. The third-order valence-electron chi connectivity index (χ3n) is 3.73. The largest absolute Gasteiger partial charge is 0.481 e. The second-order valence-corrected chi connectivity index (χ2v) is 4.89. The molecule has 2 atom stereocenters. The highest BCUT2D eigenvalue weighted by Gasteiger charge is 2.29. The van der Waals surface area contributed by atoms with Gasteiger partial charge in [-0.1, -0.05) is 0 Å². The molecule has 0 spiro atoms. The summed E-state index contributed by atoms with van der Waals surface area (Å²) in [6.45, 7) is 1.53. The first-order valence-corrected chi connectivity index (χ1v) is 6.12. The molecule has 0 radical (unpaired) electrons. The van der Waals surface area contributed by atoms with Crippen LogP contribution in [-0.4, -0.2) is 34.3 Å². The number of fused-ring (bicyclic) bond motifs is 1. The Hall–Kier alpha value is -1.36. The van der Waals surface area contributed by atoms with E-state index < -0.39 is 5.97 Å². The molecule has 5 heteroatoms. The number of nitrogens with one attached hydrogen (secondary N) is 1. The van der Waals surface area contributed by atoms with Crippen LogP contribution in [0.3, 0.4) is 0 Å². The predicted octanol–water partition coefficient (Wildman–Crippen LogP) is 1.10. The Morgan fingerprint density at radius 1 is 1.47 bits per heavy atom. The average Bonchev–Trinajstić information content (AvgIpc) is 2.96. The van der Waals surface area contributed by atoms with Crippen LogP contribution in [0.2, 0.25) is 0 Å². The molecular formula is C12H16N2O3. The van der Waals surface area contributed by atoms with Crippen molar-refractivity contribution in [1.29, 1.82) is 0 Å². The molecule has 92 valence electrons. The number of ether oxygens (including phenoxy) is 1. The fourth-order valence-electron chi connectivity index (χ4n) is 2.66. The molecule has 1 fully saturated rings. The van der Waals surface area contributed by atoms with E-state index in [0.29, 0.717) is 18.8 Å². The summed E-state index contributed by atoms with van der Waals surface area (Å²) in [5, 5.41) is 9.03. The number of carbonyl (C=O) groups is 1. The number of carboxylic acids is 1. The second kappa shape index (κ2) is 4.14. The summed E-state index contributed by atoms with van der Waals surface area (Å²) in [7, 11) is 0. The third-order valence-corrected chi connectivity index (χ3v) is 3.73. The van der Waals surface area contributed by atoms with E-state index in [1.165, 1.54) is 0 Å². The maximum atomic E-state index is 11.0. The lowest BCUT2D eigenvalue weighted by Crippen LogP contribution is -2.22. The van der Waals surface area contributed by atoms with E-state index in [2.05, 4.69) is 9.97 Å². The molecule has 0 aromatic carbocycles. The van der Waals surface area contributed by atoms with Gasteiger partial charge in [0.25, 0.3) is 0 Å². The Balaban J connectivity index is 1.81. The molecule has 2 N–H and O–H groups in total. The molecule has 2 heterocycles. The fourth-order valence-corrected chi connectivity index (χ4v) is 2.66. The SMILES string of the molecule is O=C(O)C1CCc2nc(C3CCOC3)[nH]c2C1. The number of hydrogen-bond donors (Lipinski definition) is 2. The molecule has 3 rings (SSSR count). The summed E-state index contributed by atoms with van der Waals surface area (Å²) in [4.78, 5) is 18.9. The van der Waals surface area contributed by atoms with E-state index >= 15 is 0 Å². The van der Waals surface area contributed by atoms with Crippen LogP contribution in [0.5, 0.6) is 0 Å². The maximum Gasteiger partial charge on any atom is 0.306 e. The van der Waals surface area contributed by atoms with E-state index in [-0.39, 0.29) is 5.92 Å². The first-order chi connectivity index (χ1) is 8.24. The van der Waals surface area contributed by atoms with Crippen LogP contribution in [0.1, 0.15) is 36.0 Å². The quantitative estimate of drug-likeness (QED) is 0.806. The first-order valence-electron chi connectivity index (χ1n) is 6.12. The molecule has 5 nitrogen and oxygen atoms in total. The van der Waals surface area contributed by atoms with Gasteiger partial charge in [0.2, 0.25) is 0 Å². The maximum absolute atomic E-state index is 11.0. The van der Waals surface area contributed by atoms with Crippen molar-refractivity contribution in [2.24, 2.45) is 5.92 Å². The molecule has 1 aliphatic heterocycles. The molecule has 0 amide bonds. The minimum absolute atomic E-state index is 0.254. The lowest BCUT2D eigenvalue weighted by Gasteiger charge is -2.16. The van der Waals surface area contributed by atoms with Crippen LogP contribution in [-0.2, 0) is 22.4 Å². The normalized spacial score (nSPS) is 28.0. The number of aryl methyl sites for hydroxylation is 1. The molecule has 1 aromatic heterocycles. The van der Waals surface area contributed by atoms with Gasteiger partial charge in [-0.05, 0) is 19.3 Å². The smallest absolute Gasteiger partial charge is 0.306 e. The third kappa shape index (κ3) is 1.95. The number of imidazole rings is 1. The molecule has 17 heavy (non-hydrogen) atoms. The summed E-state index contributed by atoms with van der Waals surface area (Å²) >= 11 is 0.